The van der Waals surface area contributed by atoms with E-state index in [1.165, 1.54) is 11.9 Å². The molecule has 0 atom stereocenters. The van der Waals surface area contributed by atoms with Gasteiger partial charge >= 0.3 is 0 Å². The average molecular weight is 257 g/mol. The summed E-state index contributed by atoms with van der Waals surface area (Å²) in [4.78, 5) is 8.07. The van der Waals surface area contributed by atoms with Gasteiger partial charge in [-0.05, 0) is 37.0 Å². The zero-order valence-electron chi connectivity index (χ0n) is 11.8. The number of hydrogen-bond donors (Lipinski definition) is 1. The molecule has 100 valence electrons. The van der Waals surface area contributed by atoms with Gasteiger partial charge in [0.2, 0.25) is 5.88 Å². The van der Waals surface area contributed by atoms with Gasteiger partial charge in [-0.15, -0.1) is 0 Å². The normalized spacial score (nSPS) is 10.8. The summed E-state index contributed by atoms with van der Waals surface area (Å²) >= 11 is 0. The first-order valence-electron chi connectivity index (χ1n) is 6.34. The van der Waals surface area contributed by atoms with Crippen LogP contribution in [0.4, 0.5) is 5.82 Å². The molecule has 1 heterocycles. The lowest BCUT2D eigenvalue weighted by Gasteiger charge is -2.13. The van der Waals surface area contributed by atoms with Crippen molar-refractivity contribution in [2.24, 2.45) is 0 Å². The smallest absolute Gasteiger partial charge is 0.227 e. The highest BCUT2D eigenvalue weighted by molar-refractivity contribution is 5.46. The Balaban J connectivity index is 2.37. The van der Waals surface area contributed by atoms with Crippen molar-refractivity contribution in [1.29, 1.82) is 0 Å². The van der Waals surface area contributed by atoms with Gasteiger partial charge in [0.25, 0.3) is 0 Å². The molecule has 0 saturated carbocycles. The van der Waals surface area contributed by atoms with Crippen molar-refractivity contribution in [1.82, 2.24) is 9.97 Å². The topological polar surface area (TPSA) is 61.0 Å². The van der Waals surface area contributed by atoms with Crippen molar-refractivity contribution >= 4 is 5.82 Å². The van der Waals surface area contributed by atoms with Crippen molar-refractivity contribution < 1.29 is 4.74 Å². The van der Waals surface area contributed by atoms with Crippen LogP contribution in [0.2, 0.25) is 0 Å². The zero-order valence-corrected chi connectivity index (χ0v) is 11.8. The Kier molecular flexibility index (Phi) is 3.69. The van der Waals surface area contributed by atoms with Gasteiger partial charge in [0.05, 0.1) is 5.56 Å². The number of ether oxygens (including phenoxy) is 1. The van der Waals surface area contributed by atoms with Crippen LogP contribution < -0.4 is 10.5 Å². The summed E-state index contributed by atoms with van der Waals surface area (Å²) in [7, 11) is 0. The predicted octanol–water partition coefficient (Wildman–Crippen LogP) is 3.59. The Morgan fingerprint density at radius 1 is 1.16 bits per heavy atom. The predicted molar refractivity (Wildman–Crippen MR) is 76.5 cm³/mol. The third kappa shape index (κ3) is 2.84. The first kappa shape index (κ1) is 13.3. The molecule has 0 aliphatic carbocycles. The van der Waals surface area contributed by atoms with Gasteiger partial charge in [-0.25, -0.2) is 9.97 Å². The molecule has 0 aliphatic rings. The molecule has 2 N–H and O–H groups in total. The highest BCUT2D eigenvalue weighted by atomic mass is 16.5. The average Bonchev–Trinajstić information content (AvgIpc) is 2.37. The van der Waals surface area contributed by atoms with Crippen LogP contribution >= 0.6 is 0 Å². The van der Waals surface area contributed by atoms with Gasteiger partial charge in [0.15, 0.2) is 0 Å². The quantitative estimate of drug-likeness (QED) is 0.912. The number of aryl methyl sites for hydroxylation is 1. The lowest BCUT2D eigenvalue weighted by atomic mass is 10.0. The number of anilines is 1. The molecule has 19 heavy (non-hydrogen) atoms. The maximum absolute atomic E-state index is 5.88. The largest absolute Gasteiger partial charge is 0.438 e. The van der Waals surface area contributed by atoms with E-state index in [0.717, 1.165) is 16.9 Å². The number of nitrogens with zero attached hydrogens (tertiary/aromatic N) is 2. The third-order valence-electron chi connectivity index (χ3n) is 3.16. The van der Waals surface area contributed by atoms with Crippen LogP contribution in [0, 0.1) is 13.8 Å². The molecule has 0 unspecified atom stereocenters. The van der Waals surface area contributed by atoms with Gasteiger partial charge < -0.3 is 10.5 Å². The first-order valence-corrected chi connectivity index (χ1v) is 6.34. The fourth-order valence-corrected chi connectivity index (χ4v) is 1.74. The van der Waals surface area contributed by atoms with E-state index >= 15 is 0 Å². The van der Waals surface area contributed by atoms with Gasteiger partial charge in [-0.2, -0.15) is 0 Å². The van der Waals surface area contributed by atoms with E-state index in [1.54, 1.807) is 0 Å². The summed E-state index contributed by atoms with van der Waals surface area (Å²) < 4.78 is 5.88. The molecule has 0 fully saturated rings. The summed E-state index contributed by atoms with van der Waals surface area (Å²) in [5.74, 6) is 2.23. The lowest BCUT2D eigenvalue weighted by molar-refractivity contribution is 0.453. The molecule has 2 aromatic rings. The maximum atomic E-state index is 5.88. The molecule has 0 amide bonds. The summed E-state index contributed by atoms with van der Waals surface area (Å²) in [6.07, 6.45) is 1.42. The Bertz CT molecular complexity index is 594. The number of rotatable bonds is 3. The molecule has 4 nitrogen and oxygen atoms in total. The minimum atomic E-state index is 0.447. The van der Waals surface area contributed by atoms with Crippen LogP contribution in [-0.2, 0) is 0 Å². The van der Waals surface area contributed by atoms with Gasteiger partial charge in [0.1, 0.15) is 17.9 Å². The van der Waals surface area contributed by atoms with E-state index in [1.807, 2.05) is 13.8 Å². The molecule has 0 spiro atoms. The van der Waals surface area contributed by atoms with Gasteiger partial charge in [-0.3, -0.25) is 0 Å². The van der Waals surface area contributed by atoms with E-state index in [-0.39, 0.29) is 0 Å². The van der Waals surface area contributed by atoms with Gasteiger partial charge in [-0.1, -0.05) is 26.0 Å². The Hall–Kier alpha value is -2.10. The van der Waals surface area contributed by atoms with Crippen LogP contribution in [0.1, 0.15) is 36.5 Å². The number of hydrogen-bond acceptors (Lipinski definition) is 4. The van der Waals surface area contributed by atoms with Gasteiger partial charge in [0, 0.05) is 0 Å². The summed E-state index contributed by atoms with van der Waals surface area (Å²) in [6.45, 7) is 8.18. The SMILES string of the molecule is Cc1ccc(C(C)C)cc1Oc1ncnc(N)c1C. The fraction of sp³-hybridized carbons (Fsp3) is 0.333. The molecule has 0 radical (unpaired) electrons. The molecular weight excluding hydrogens is 238 g/mol. The minimum absolute atomic E-state index is 0.447. The lowest BCUT2D eigenvalue weighted by Crippen LogP contribution is -2.00. The van der Waals surface area contributed by atoms with Crippen LogP contribution in [0.3, 0.4) is 0 Å². The van der Waals surface area contributed by atoms with Crippen LogP contribution in [0.15, 0.2) is 24.5 Å². The van der Waals surface area contributed by atoms with Crippen LogP contribution in [0.5, 0.6) is 11.6 Å². The van der Waals surface area contributed by atoms with Crippen molar-refractivity contribution in [2.75, 3.05) is 5.73 Å². The van der Waals surface area contributed by atoms with E-state index in [0.29, 0.717) is 17.6 Å². The standard InChI is InChI=1S/C15H19N3O/c1-9(2)12-6-5-10(3)13(7-12)19-15-11(4)14(16)17-8-18-15/h5-9H,1-4H3,(H2,16,17,18). The number of benzene rings is 1. The highest BCUT2D eigenvalue weighted by Gasteiger charge is 2.10. The molecule has 0 bridgehead atoms. The van der Waals surface area contributed by atoms with E-state index < -0.39 is 0 Å². The van der Waals surface area contributed by atoms with E-state index in [2.05, 4.69) is 42.0 Å². The summed E-state index contributed by atoms with van der Waals surface area (Å²) in [5.41, 5.74) is 8.83. The maximum Gasteiger partial charge on any atom is 0.227 e. The van der Waals surface area contributed by atoms with Crippen LogP contribution in [-0.4, -0.2) is 9.97 Å². The Labute approximate surface area is 113 Å². The van der Waals surface area contributed by atoms with Crippen molar-refractivity contribution in [3.8, 4) is 11.6 Å². The van der Waals surface area contributed by atoms with Crippen molar-refractivity contribution in [3.05, 3.63) is 41.2 Å². The third-order valence-corrected chi connectivity index (χ3v) is 3.16. The monoisotopic (exact) mass is 257 g/mol. The fourth-order valence-electron chi connectivity index (χ4n) is 1.74. The molecule has 4 heteroatoms. The van der Waals surface area contributed by atoms with E-state index in [4.69, 9.17) is 10.5 Å². The zero-order chi connectivity index (χ0) is 14.0. The molecule has 1 aromatic heterocycles. The summed E-state index contributed by atoms with van der Waals surface area (Å²) in [5, 5.41) is 0. The van der Waals surface area contributed by atoms with Crippen molar-refractivity contribution in [2.45, 2.75) is 33.6 Å². The Morgan fingerprint density at radius 2 is 1.89 bits per heavy atom. The summed E-state index contributed by atoms with van der Waals surface area (Å²) in [6, 6.07) is 6.23. The molecular formula is C15H19N3O. The van der Waals surface area contributed by atoms with Crippen molar-refractivity contribution in [3.63, 3.8) is 0 Å². The molecule has 0 aliphatic heterocycles. The highest BCUT2D eigenvalue weighted by Crippen LogP contribution is 2.30. The molecule has 2 rings (SSSR count). The first-order chi connectivity index (χ1) is 8.99. The second-order valence-electron chi connectivity index (χ2n) is 4.97. The number of nitrogen functional groups attached to an aromatic ring is 1. The molecule has 1 aromatic carbocycles. The second-order valence-corrected chi connectivity index (χ2v) is 4.97. The van der Waals surface area contributed by atoms with Crippen LogP contribution in [0.25, 0.3) is 0 Å². The Morgan fingerprint density at radius 3 is 2.58 bits per heavy atom. The molecule has 0 saturated heterocycles. The van der Waals surface area contributed by atoms with E-state index in [9.17, 15) is 0 Å². The minimum Gasteiger partial charge on any atom is -0.438 e. The second kappa shape index (κ2) is 5.26. The number of nitrogens with two attached hydrogens (primary N) is 1. The number of aromatic nitrogens is 2.